The fourth-order valence-corrected chi connectivity index (χ4v) is 4.64. The number of ether oxygens (including phenoxy) is 1. The van der Waals surface area contributed by atoms with E-state index in [0.29, 0.717) is 22.2 Å². The number of hydrogen-bond acceptors (Lipinski definition) is 6. The summed E-state index contributed by atoms with van der Waals surface area (Å²) in [5.74, 6) is 1.09. The predicted molar refractivity (Wildman–Crippen MR) is 150 cm³/mol. The van der Waals surface area contributed by atoms with Gasteiger partial charge in [-0.15, -0.1) is 10.2 Å². The molecule has 2 amide bonds. The second-order valence-corrected chi connectivity index (χ2v) is 9.94. The summed E-state index contributed by atoms with van der Waals surface area (Å²) >= 11 is 1.29. The van der Waals surface area contributed by atoms with Gasteiger partial charge >= 0.3 is 0 Å². The fourth-order valence-electron chi connectivity index (χ4n) is 3.87. The molecule has 0 radical (unpaired) electrons. The Balaban J connectivity index is 1.53. The lowest BCUT2D eigenvalue weighted by Crippen LogP contribution is -2.25. The summed E-state index contributed by atoms with van der Waals surface area (Å²) in [6, 6.07) is 18.8. The Morgan fingerprint density at radius 3 is 2.39 bits per heavy atom. The highest BCUT2D eigenvalue weighted by atomic mass is 32.2. The number of nitrogens with zero attached hydrogens (tertiary/aromatic N) is 3. The maximum absolute atomic E-state index is 12.9. The summed E-state index contributed by atoms with van der Waals surface area (Å²) in [5.41, 5.74) is 6.56. The van der Waals surface area contributed by atoms with E-state index in [-0.39, 0.29) is 24.1 Å². The third kappa shape index (κ3) is 6.23. The zero-order valence-electron chi connectivity index (χ0n) is 22.2. The average Bonchev–Trinajstić information content (AvgIpc) is 3.32. The molecule has 4 rings (SSSR count). The predicted octanol–water partition coefficient (Wildman–Crippen LogP) is 5.17. The number of rotatable bonds is 9. The minimum absolute atomic E-state index is 0.143. The first-order valence-corrected chi connectivity index (χ1v) is 13.2. The van der Waals surface area contributed by atoms with Crippen LogP contribution in [0.5, 0.6) is 5.75 Å². The standard InChI is InChI=1S/C29H31N5O3S/c1-18-9-10-22(15-20(18)3)28(36)30-16-26-32-33-29(34(26)25-8-6-7-19(2)21(25)4)38-17-27(35)31-23-11-13-24(37-5)14-12-23/h6-15H,16-17H2,1-5H3,(H,30,36)(H,31,35). The molecule has 0 unspecified atom stereocenters. The van der Waals surface area contributed by atoms with Gasteiger partial charge in [-0.05, 0) is 92.4 Å². The molecule has 0 aliphatic rings. The summed E-state index contributed by atoms with van der Waals surface area (Å²) in [7, 11) is 1.60. The van der Waals surface area contributed by atoms with Crippen molar-refractivity contribution in [1.82, 2.24) is 20.1 Å². The van der Waals surface area contributed by atoms with Crippen molar-refractivity contribution in [3.63, 3.8) is 0 Å². The number of hydrogen-bond donors (Lipinski definition) is 2. The molecule has 0 atom stereocenters. The summed E-state index contributed by atoms with van der Waals surface area (Å²) < 4.78 is 7.07. The van der Waals surface area contributed by atoms with E-state index in [1.165, 1.54) is 11.8 Å². The van der Waals surface area contributed by atoms with Gasteiger partial charge in [0, 0.05) is 11.3 Å². The van der Waals surface area contributed by atoms with Gasteiger partial charge in [-0.2, -0.15) is 0 Å². The largest absolute Gasteiger partial charge is 0.497 e. The maximum Gasteiger partial charge on any atom is 0.251 e. The molecule has 0 spiro atoms. The number of carbonyl (C=O) groups is 2. The third-order valence-corrected chi connectivity index (χ3v) is 7.33. The van der Waals surface area contributed by atoms with Gasteiger partial charge in [-0.25, -0.2) is 0 Å². The van der Waals surface area contributed by atoms with Crippen LogP contribution in [0, 0.1) is 27.7 Å². The Labute approximate surface area is 226 Å². The summed E-state index contributed by atoms with van der Waals surface area (Å²) in [6.07, 6.45) is 0. The van der Waals surface area contributed by atoms with Crippen LogP contribution in [-0.4, -0.2) is 39.4 Å². The molecule has 0 saturated carbocycles. The second kappa shape index (κ2) is 12.0. The molecule has 0 fully saturated rings. The number of benzene rings is 3. The van der Waals surface area contributed by atoms with Crippen LogP contribution in [0.2, 0.25) is 0 Å². The van der Waals surface area contributed by atoms with Gasteiger partial charge in [0.15, 0.2) is 11.0 Å². The van der Waals surface area contributed by atoms with Crippen molar-refractivity contribution in [3.05, 3.63) is 94.3 Å². The molecule has 0 saturated heterocycles. The van der Waals surface area contributed by atoms with Crippen molar-refractivity contribution in [1.29, 1.82) is 0 Å². The molecule has 1 aromatic heterocycles. The van der Waals surface area contributed by atoms with E-state index < -0.39 is 0 Å². The van der Waals surface area contributed by atoms with Crippen LogP contribution >= 0.6 is 11.8 Å². The van der Waals surface area contributed by atoms with E-state index in [1.54, 1.807) is 31.4 Å². The quantitative estimate of drug-likeness (QED) is 0.290. The zero-order valence-corrected chi connectivity index (χ0v) is 23.0. The minimum atomic E-state index is -0.184. The molecule has 0 aliphatic heterocycles. The van der Waals surface area contributed by atoms with Crippen molar-refractivity contribution in [2.45, 2.75) is 39.4 Å². The summed E-state index contributed by atoms with van der Waals surface area (Å²) in [5, 5.41) is 15.2. The lowest BCUT2D eigenvalue weighted by molar-refractivity contribution is -0.113. The van der Waals surface area contributed by atoms with Gasteiger partial charge in [-0.1, -0.05) is 30.0 Å². The monoisotopic (exact) mass is 529 g/mol. The average molecular weight is 530 g/mol. The Kier molecular flexibility index (Phi) is 8.48. The Morgan fingerprint density at radius 2 is 1.68 bits per heavy atom. The van der Waals surface area contributed by atoms with Gasteiger partial charge in [0.1, 0.15) is 5.75 Å². The highest BCUT2D eigenvalue weighted by Gasteiger charge is 2.19. The molecule has 0 aliphatic carbocycles. The SMILES string of the molecule is COc1ccc(NC(=O)CSc2nnc(CNC(=O)c3ccc(C)c(C)c3)n2-c2cccc(C)c2C)cc1. The molecule has 2 N–H and O–H groups in total. The second-order valence-electron chi connectivity index (χ2n) is 9.00. The lowest BCUT2D eigenvalue weighted by Gasteiger charge is -2.15. The number of aryl methyl sites for hydroxylation is 3. The Hall–Kier alpha value is -4.11. The topological polar surface area (TPSA) is 98.1 Å². The van der Waals surface area contributed by atoms with Crippen molar-refractivity contribution in [2.75, 3.05) is 18.2 Å². The van der Waals surface area contributed by atoms with Crippen LogP contribution in [0.3, 0.4) is 0 Å². The van der Waals surface area contributed by atoms with E-state index in [9.17, 15) is 9.59 Å². The van der Waals surface area contributed by atoms with Crippen molar-refractivity contribution in [2.24, 2.45) is 0 Å². The Bertz CT molecular complexity index is 1460. The van der Waals surface area contributed by atoms with Crippen molar-refractivity contribution in [3.8, 4) is 11.4 Å². The normalized spacial score (nSPS) is 10.8. The van der Waals surface area contributed by atoms with E-state index in [0.717, 1.165) is 33.7 Å². The Morgan fingerprint density at radius 1 is 0.921 bits per heavy atom. The molecule has 8 nitrogen and oxygen atoms in total. The molecule has 1 heterocycles. The van der Waals surface area contributed by atoms with Gasteiger partial charge in [0.2, 0.25) is 5.91 Å². The molecular weight excluding hydrogens is 498 g/mol. The molecule has 38 heavy (non-hydrogen) atoms. The fraction of sp³-hybridized carbons (Fsp3) is 0.241. The molecule has 0 bridgehead atoms. The molecule has 4 aromatic rings. The summed E-state index contributed by atoms with van der Waals surface area (Å²) in [4.78, 5) is 25.5. The number of nitrogens with one attached hydrogen (secondary N) is 2. The lowest BCUT2D eigenvalue weighted by atomic mass is 10.1. The van der Waals surface area contributed by atoms with E-state index in [1.807, 2.05) is 68.7 Å². The van der Waals surface area contributed by atoms with E-state index in [4.69, 9.17) is 4.74 Å². The number of anilines is 1. The van der Waals surface area contributed by atoms with Crippen LogP contribution in [0.1, 0.15) is 38.4 Å². The van der Waals surface area contributed by atoms with Crippen LogP contribution in [-0.2, 0) is 11.3 Å². The van der Waals surface area contributed by atoms with Crippen molar-refractivity contribution >= 4 is 29.3 Å². The van der Waals surface area contributed by atoms with Gasteiger partial charge in [0.25, 0.3) is 5.91 Å². The number of methoxy groups -OCH3 is 1. The van der Waals surface area contributed by atoms with Gasteiger partial charge < -0.3 is 15.4 Å². The molecular formula is C29H31N5O3S. The molecule has 3 aromatic carbocycles. The molecule has 196 valence electrons. The van der Waals surface area contributed by atoms with E-state index in [2.05, 4.69) is 20.8 Å². The third-order valence-electron chi connectivity index (χ3n) is 6.40. The first-order chi connectivity index (χ1) is 18.3. The van der Waals surface area contributed by atoms with Crippen LogP contribution < -0.4 is 15.4 Å². The first-order valence-electron chi connectivity index (χ1n) is 12.2. The number of amides is 2. The van der Waals surface area contributed by atoms with Crippen molar-refractivity contribution < 1.29 is 14.3 Å². The van der Waals surface area contributed by atoms with Gasteiger partial charge in [0.05, 0.1) is 25.1 Å². The van der Waals surface area contributed by atoms with Crippen LogP contribution in [0.15, 0.2) is 65.8 Å². The number of carbonyl (C=O) groups excluding carboxylic acids is 2. The van der Waals surface area contributed by atoms with Gasteiger partial charge in [-0.3, -0.25) is 14.2 Å². The first kappa shape index (κ1) is 26.9. The van der Waals surface area contributed by atoms with E-state index >= 15 is 0 Å². The molecule has 9 heteroatoms. The van der Waals surface area contributed by atoms with Crippen LogP contribution in [0.4, 0.5) is 5.69 Å². The zero-order chi connectivity index (χ0) is 27.2. The minimum Gasteiger partial charge on any atom is -0.497 e. The number of thioether (sulfide) groups is 1. The van der Waals surface area contributed by atoms with Crippen LogP contribution in [0.25, 0.3) is 5.69 Å². The highest BCUT2D eigenvalue weighted by molar-refractivity contribution is 7.99. The highest BCUT2D eigenvalue weighted by Crippen LogP contribution is 2.26. The maximum atomic E-state index is 12.9. The number of aromatic nitrogens is 3. The smallest absolute Gasteiger partial charge is 0.251 e. The summed E-state index contributed by atoms with van der Waals surface area (Å²) in [6.45, 7) is 8.26.